The summed E-state index contributed by atoms with van der Waals surface area (Å²) in [5.41, 5.74) is 6.36. The number of nitrogen functional groups attached to an aromatic ring is 1. The fourth-order valence-electron chi connectivity index (χ4n) is 1.72. The molecular weight excluding hydrogens is 324 g/mol. The molecule has 0 saturated heterocycles. The normalized spacial score (nSPS) is 9.96. The molecule has 0 bridgehead atoms. The van der Waals surface area contributed by atoms with Gasteiger partial charge in [0.05, 0.1) is 16.3 Å². The summed E-state index contributed by atoms with van der Waals surface area (Å²) in [4.78, 5) is 23.6. The molecule has 9 heteroatoms. The van der Waals surface area contributed by atoms with Crippen LogP contribution in [0.3, 0.4) is 0 Å². The van der Waals surface area contributed by atoms with E-state index in [0.717, 1.165) is 0 Å². The highest BCUT2D eigenvalue weighted by Gasteiger charge is 2.20. The molecule has 1 aromatic heterocycles. The van der Waals surface area contributed by atoms with Crippen molar-refractivity contribution in [3.05, 3.63) is 40.0 Å². The highest BCUT2D eigenvalue weighted by atomic mass is 35.5. The molecular formula is C14H11ClN4O4. The average molecular weight is 335 g/mol. The SMILES string of the molecule is Cc1noc(N)c1C(=O)OCC(=O)Nc1ccc(C#N)c(Cl)c1. The smallest absolute Gasteiger partial charge is 0.346 e. The second-order valence-corrected chi connectivity index (χ2v) is 4.85. The number of carbonyl (C=O) groups excluding carboxylic acids is 2. The zero-order valence-electron chi connectivity index (χ0n) is 11.9. The lowest BCUT2D eigenvalue weighted by Crippen LogP contribution is -2.21. The Kier molecular flexibility index (Phi) is 4.83. The molecule has 0 atom stereocenters. The van der Waals surface area contributed by atoms with Gasteiger partial charge < -0.3 is 20.3 Å². The van der Waals surface area contributed by atoms with Gasteiger partial charge in [0.15, 0.2) is 6.61 Å². The summed E-state index contributed by atoms with van der Waals surface area (Å²) < 4.78 is 9.48. The van der Waals surface area contributed by atoms with E-state index in [-0.39, 0.29) is 27.7 Å². The molecule has 0 fully saturated rings. The summed E-state index contributed by atoms with van der Waals surface area (Å²) in [5.74, 6) is -1.56. The molecule has 0 aliphatic rings. The largest absolute Gasteiger partial charge is 0.452 e. The van der Waals surface area contributed by atoms with E-state index in [0.29, 0.717) is 5.69 Å². The van der Waals surface area contributed by atoms with Gasteiger partial charge in [0, 0.05) is 5.69 Å². The Labute approximate surface area is 135 Å². The maximum absolute atomic E-state index is 11.8. The molecule has 0 aliphatic carbocycles. The molecule has 23 heavy (non-hydrogen) atoms. The number of aryl methyl sites for hydroxylation is 1. The third-order valence-electron chi connectivity index (χ3n) is 2.80. The maximum Gasteiger partial charge on any atom is 0.346 e. The molecule has 0 radical (unpaired) electrons. The van der Waals surface area contributed by atoms with Crippen molar-refractivity contribution in [2.24, 2.45) is 0 Å². The molecule has 0 aliphatic heterocycles. The van der Waals surface area contributed by atoms with Crippen LogP contribution < -0.4 is 11.1 Å². The minimum absolute atomic E-state index is 0.0146. The Bertz CT molecular complexity index is 790. The van der Waals surface area contributed by atoms with Crippen molar-refractivity contribution in [3.63, 3.8) is 0 Å². The second-order valence-electron chi connectivity index (χ2n) is 4.44. The number of nitrogens with two attached hydrogens (primary N) is 1. The predicted molar refractivity (Wildman–Crippen MR) is 80.7 cm³/mol. The Morgan fingerprint density at radius 3 is 2.83 bits per heavy atom. The van der Waals surface area contributed by atoms with E-state index >= 15 is 0 Å². The first-order valence-electron chi connectivity index (χ1n) is 6.30. The Morgan fingerprint density at radius 2 is 2.26 bits per heavy atom. The number of benzene rings is 1. The Morgan fingerprint density at radius 1 is 1.52 bits per heavy atom. The van der Waals surface area contributed by atoms with Crippen LogP contribution in [0.2, 0.25) is 5.02 Å². The molecule has 0 spiro atoms. The van der Waals surface area contributed by atoms with Crippen LogP contribution in [0.25, 0.3) is 0 Å². The number of nitrogens with zero attached hydrogens (tertiary/aromatic N) is 2. The highest BCUT2D eigenvalue weighted by Crippen LogP contribution is 2.20. The van der Waals surface area contributed by atoms with Crippen LogP contribution >= 0.6 is 11.6 Å². The molecule has 0 unspecified atom stereocenters. The first-order chi connectivity index (χ1) is 10.9. The van der Waals surface area contributed by atoms with Crippen LogP contribution in [-0.4, -0.2) is 23.6 Å². The second kappa shape index (κ2) is 6.81. The van der Waals surface area contributed by atoms with Crippen LogP contribution in [0, 0.1) is 18.3 Å². The predicted octanol–water partition coefficient (Wildman–Crippen LogP) is 1.89. The molecule has 3 N–H and O–H groups in total. The lowest BCUT2D eigenvalue weighted by Gasteiger charge is -2.07. The number of ether oxygens (including phenoxy) is 1. The van der Waals surface area contributed by atoms with Crippen molar-refractivity contribution in [2.45, 2.75) is 6.92 Å². The van der Waals surface area contributed by atoms with Crippen LogP contribution in [0.4, 0.5) is 11.6 Å². The van der Waals surface area contributed by atoms with Gasteiger partial charge in [0.2, 0.25) is 5.88 Å². The zero-order chi connectivity index (χ0) is 17.0. The number of anilines is 2. The van der Waals surface area contributed by atoms with Gasteiger partial charge >= 0.3 is 5.97 Å². The number of rotatable bonds is 4. The van der Waals surface area contributed by atoms with E-state index < -0.39 is 18.5 Å². The van der Waals surface area contributed by atoms with Gasteiger partial charge in [-0.25, -0.2) is 4.79 Å². The summed E-state index contributed by atoms with van der Waals surface area (Å²) in [6.45, 7) is 0.996. The van der Waals surface area contributed by atoms with E-state index in [1.54, 1.807) is 0 Å². The van der Waals surface area contributed by atoms with Crippen molar-refractivity contribution in [1.82, 2.24) is 5.16 Å². The van der Waals surface area contributed by atoms with E-state index in [4.69, 9.17) is 27.3 Å². The van der Waals surface area contributed by atoms with Crippen molar-refractivity contribution in [2.75, 3.05) is 17.7 Å². The molecule has 2 aromatic rings. The molecule has 0 saturated carbocycles. The number of amides is 1. The first kappa shape index (κ1) is 16.3. The third kappa shape index (κ3) is 3.78. The average Bonchev–Trinajstić information content (AvgIpc) is 2.84. The summed E-state index contributed by atoms with van der Waals surface area (Å²) in [6, 6.07) is 6.29. The van der Waals surface area contributed by atoms with Gasteiger partial charge in [-0.2, -0.15) is 5.26 Å². The standard InChI is InChI=1S/C14H11ClN4O4/c1-7-12(13(17)23-19-7)14(21)22-6-11(20)18-9-3-2-8(5-16)10(15)4-9/h2-4H,6,17H2,1H3,(H,18,20). The maximum atomic E-state index is 11.8. The van der Waals surface area contributed by atoms with Crippen molar-refractivity contribution < 1.29 is 18.8 Å². The number of nitrogens with one attached hydrogen (secondary N) is 1. The van der Waals surface area contributed by atoms with E-state index in [1.165, 1.54) is 25.1 Å². The lowest BCUT2D eigenvalue weighted by atomic mass is 10.2. The van der Waals surface area contributed by atoms with Gasteiger partial charge in [0.25, 0.3) is 5.91 Å². The van der Waals surface area contributed by atoms with Crippen LogP contribution in [0.5, 0.6) is 0 Å². The zero-order valence-corrected chi connectivity index (χ0v) is 12.7. The minimum atomic E-state index is -0.811. The van der Waals surface area contributed by atoms with E-state index in [9.17, 15) is 9.59 Å². The van der Waals surface area contributed by atoms with Gasteiger partial charge in [-0.15, -0.1) is 0 Å². The highest BCUT2D eigenvalue weighted by molar-refractivity contribution is 6.32. The monoisotopic (exact) mass is 334 g/mol. The molecule has 1 heterocycles. The van der Waals surface area contributed by atoms with Crippen molar-refractivity contribution in [3.8, 4) is 6.07 Å². The number of aromatic nitrogens is 1. The van der Waals surface area contributed by atoms with E-state index in [2.05, 4.69) is 15.0 Å². The number of halogens is 1. The van der Waals surface area contributed by atoms with Gasteiger partial charge in [-0.05, 0) is 25.1 Å². The summed E-state index contributed by atoms with van der Waals surface area (Å²) >= 11 is 5.85. The fraction of sp³-hybridized carbons (Fsp3) is 0.143. The van der Waals surface area contributed by atoms with Gasteiger partial charge in [0.1, 0.15) is 11.6 Å². The number of hydrogen-bond donors (Lipinski definition) is 2. The summed E-state index contributed by atoms with van der Waals surface area (Å²) in [7, 11) is 0. The Balaban J connectivity index is 1.94. The van der Waals surface area contributed by atoms with Gasteiger partial charge in [-0.1, -0.05) is 16.8 Å². The molecule has 8 nitrogen and oxygen atoms in total. The first-order valence-corrected chi connectivity index (χ1v) is 6.68. The van der Waals surface area contributed by atoms with Crippen LogP contribution in [-0.2, 0) is 9.53 Å². The molecule has 118 valence electrons. The number of esters is 1. The summed E-state index contributed by atoms with van der Waals surface area (Å²) in [6.07, 6.45) is 0. The number of carbonyl (C=O) groups is 2. The quantitative estimate of drug-likeness (QED) is 0.816. The summed E-state index contributed by atoms with van der Waals surface area (Å²) in [5, 5.41) is 15.0. The van der Waals surface area contributed by atoms with Crippen LogP contribution in [0.15, 0.2) is 22.7 Å². The number of hydrogen-bond acceptors (Lipinski definition) is 7. The van der Waals surface area contributed by atoms with Crippen LogP contribution in [0.1, 0.15) is 21.6 Å². The topological polar surface area (TPSA) is 131 Å². The van der Waals surface area contributed by atoms with Crippen molar-refractivity contribution >= 4 is 35.0 Å². The molecule has 2 rings (SSSR count). The number of nitriles is 1. The minimum Gasteiger partial charge on any atom is -0.452 e. The van der Waals surface area contributed by atoms with E-state index in [1.807, 2.05) is 6.07 Å². The van der Waals surface area contributed by atoms with Gasteiger partial charge in [-0.3, -0.25) is 4.79 Å². The third-order valence-corrected chi connectivity index (χ3v) is 3.11. The van der Waals surface area contributed by atoms with Crippen molar-refractivity contribution in [1.29, 1.82) is 5.26 Å². The lowest BCUT2D eigenvalue weighted by molar-refractivity contribution is -0.119. The Hall–Kier alpha value is -3.05. The fourth-order valence-corrected chi connectivity index (χ4v) is 1.94. The molecule has 1 aromatic carbocycles. The molecule has 1 amide bonds.